The predicted octanol–water partition coefficient (Wildman–Crippen LogP) is 8.10. The standard InChI is InChI=1S/C28H16Cl3F8NO3/c29-17-4-3-13(9-14(17)20(41)8-12-2-5-18(32)15(24(12)34)10-21(42)25(35)36)40-26(43)23-22(27(23,30)31)11-1-6-19(33)16(7-11)28(37,38)39/h1-7,9,22-23,25H,8,10H2,(H,40,43)/t22-,23+/m0/s1. The third kappa shape index (κ3) is 6.81. The van der Waals surface area contributed by atoms with Crippen LogP contribution in [0.5, 0.6) is 0 Å². The summed E-state index contributed by atoms with van der Waals surface area (Å²) in [7, 11) is 0. The van der Waals surface area contributed by atoms with Gasteiger partial charge in [-0.25, -0.2) is 22.0 Å². The number of halogens is 11. The van der Waals surface area contributed by atoms with E-state index in [1.807, 2.05) is 0 Å². The molecule has 1 saturated carbocycles. The molecule has 1 amide bonds. The molecule has 228 valence electrons. The second-order valence-electron chi connectivity index (χ2n) is 9.59. The van der Waals surface area contributed by atoms with Crippen molar-refractivity contribution in [2.24, 2.45) is 5.92 Å². The van der Waals surface area contributed by atoms with Gasteiger partial charge in [-0.1, -0.05) is 23.7 Å². The fourth-order valence-electron chi connectivity index (χ4n) is 4.52. The molecule has 3 aromatic carbocycles. The molecular weight excluding hydrogens is 657 g/mol. The zero-order valence-electron chi connectivity index (χ0n) is 21.1. The first-order chi connectivity index (χ1) is 19.9. The number of hydrogen-bond donors (Lipinski definition) is 1. The number of alkyl halides is 7. The Balaban J connectivity index is 1.53. The summed E-state index contributed by atoms with van der Waals surface area (Å²) in [6.07, 6.45) is -10.4. The molecule has 15 heteroatoms. The van der Waals surface area contributed by atoms with E-state index in [0.29, 0.717) is 18.2 Å². The summed E-state index contributed by atoms with van der Waals surface area (Å²) >= 11 is 18.5. The first-order valence-electron chi connectivity index (χ1n) is 12.1. The van der Waals surface area contributed by atoms with Gasteiger partial charge in [0.05, 0.1) is 16.5 Å². The number of ketones is 2. The zero-order valence-corrected chi connectivity index (χ0v) is 23.4. The van der Waals surface area contributed by atoms with E-state index in [1.54, 1.807) is 0 Å². The largest absolute Gasteiger partial charge is 0.419 e. The number of carbonyl (C=O) groups excluding carboxylic acids is 3. The van der Waals surface area contributed by atoms with Crippen LogP contribution in [0.25, 0.3) is 0 Å². The molecule has 1 fully saturated rings. The SMILES string of the molecule is O=C(Cc1ccc(F)c(CC(=O)C(F)F)c1F)c1cc(NC(=O)[C@H]2[C@H](c3ccc(F)c(C(F)(F)F)c3)C2(Cl)Cl)ccc1Cl. The quantitative estimate of drug-likeness (QED) is 0.142. The second-order valence-corrected chi connectivity index (χ2v) is 11.4. The van der Waals surface area contributed by atoms with E-state index in [1.165, 1.54) is 12.1 Å². The van der Waals surface area contributed by atoms with Crippen molar-refractivity contribution in [3.05, 3.63) is 98.8 Å². The van der Waals surface area contributed by atoms with Gasteiger partial charge in [0.25, 0.3) is 6.43 Å². The summed E-state index contributed by atoms with van der Waals surface area (Å²) in [6.45, 7) is 0. The lowest BCUT2D eigenvalue weighted by molar-refractivity contribution is -0.140. The Bertz CT molecular complexity index is 1630. The Morgan fingerprint density at radius 3 is 2.19 bits per heavy atom. The van der Waals surface area contributed by atoms with Crippen molar-refractivity contribution in [1.82, 2.24) is 0 Å². The van der Waals surface area contributed by atoms with E-state index in [0.717, 1.165) is 18.2 Å². The highest BCUT2D eigenvalue weighted by Gasteiger charge is 2.67. The van der Waals surface area contributed by atoms with Crippen molar-refractivity contribution in [3.8, 4) is 0 Å². The van der Waals surface area contributed by atoms with Crippen molar-refractivity contribution in [2.45, 2.75) is 35.7 Å². The molecular formula is C28H16Cl3F8NO3. The van der Waals surface area contributed by atoms with Gasteiger partial charge in [-0.05, 0) is 47.5 Å². The van der Waals surface area contributed by atoms with Gasteiger partial charge in [0.15, 0.2) is 5.78 Å². The molecule has 0 saturated heterocycles. The molecule has 4 nitrogen and oxygen atoms in total. The van der Waals surface area contributed by atoms with Crippen molar-refractivity contribution in [1.29, 1.82) is 0 Å². The second kappa shape index (κ2) is 12.0. The molecule has 1 aliphatic carbocycles. The van der Waals surface area contributed by atoms with E-state index in [2.05, 4.69) is 5.32 Å². The van der Waals surface area contributed by atoms with Crippen LogP contribution >= 0.6 is 34.8 Å². The van der Waals surface area contributed by atoms with Crippen LogP contribution in [0, 0.1) is 23.4 Å². The minimum absolute atomic E-state index is 0.0367. The van der Waals surface area contributed by atoms with E-state index < -0.39 is 93.2 Å². The lowest BCUT2D eigenvalue weighted by Gasteiger charge is -2.11. The average molecular weight is 673 g/mol. The maximum atomic E-state index is 14.9. The molecule has 0 aliphatic heterocycles. The monoisotopic (exact) mass is 671 g/mol. The smallest absolute Gasteiger partial charge is 0.326 e. The van der Waals surface area contributed by atoms with Gasteiger partial charge in [-0.2, -0.15) is 13.2 Å². The number of benzene rings is 3. The number of amides is 1. The number of nitrogens with one attached hydrogen (secondary N) is 1. The summed E-state index contributed by atoms with van der Waals surface area (Å²) in [6, 6.07) is 7.29. The van der Waals surface area contributed by atoms with Gasteiger partial charge in [0.2, 0.25) is 11.7 Å². The molecule has 1 N–H and O–H groups in total. The van der Waals surface area contributed by atoms with Crippen LogP contribution < -0.4 is 5.32 Å². The van der Waals surface area contributed by atoms with E-state index in [9.17, 15) is 49.5 Å². The number of Topliss-reactive ketones (excluding diaryl/α,β-unsaturated/α-hetero) is 2. The average Bonchev–Trinajstić information content (AvgIpc) is 3.50. The normalized spacial score (nSPS) is 17.6. The molecule has 0 bridgehead atoms. The highest BCUT2D eigenvalue weighted by Crippen LogP contribution is 2.65. The molecule has 43 heavy (non-hydrogen) atoms. The molecule has 0 spiro atoms. The first-order valence-corrected chi connectivity index (χ1v) is 13.2. The minimum Gasteiger partial charge on any atom is -0.326 e. The Morgan fingerprint density at radius 2 is 1.56 bits per heavy atom. The summed E-state index contributed by atoms with van der Waals surface area (Å²) in [5, 5.41) is 2.27. The van der Waals surface area contributed by atoms with Crippen LogP contribution in [0.3, 0.4) is 0 Å². The molecule has 0 heterocycles. The van der Waals surface area contributed by atoms with Crippen molar-refractivity contribution in [3.63, 3.8) is 0 Å². The summed E-state index contributed by atoms with van der Waals surface area (Å²) in [4.78, 5) is 37.3. The van der Waals surface area contributed by atoms with Gasteiger partial charge in [0.1, 0.15) is 21.8 Å². The van der Waals surface area contributed by atoms with Crippen molar-refractivity contribution < 1.29 is 49.5 Å². The van der Waals surface area contributed by atoms with Crippen LogP contribution in [-0.4, -0.2) is 28.2 Å². The fraction of sp³-hybridized carbons (Fsp3) is 0.250. The van der Waals surface area contributed by atoms with Gasteiger partial charge in [-0.15, -0.1) is 23.2 Å². The lowest BCUT2D eigenvalue weighted by atomic mass is 9.98. The summed E-state index contributed by atoms with van der Waals surface area (Å²) in [5.41, 5.74) is -3.33. The third-order valence-corrected chi connectivity index (χ3v) is 8.01. The minimum atomic E-state index is -5.01. The molecule has 0 radical (unpaired) electrons. The highest BCUT2D eigenvalue weighted by atomic mass is 35.5. The maximum absolute atomic E-state index is 14.9. The van der Waals surface area contributed by atoms with Crippen molar-refractivity contribution in [2.75, 3.05) is 5.32 Å². The summed E-state index contributed by atoms with van der Waals surface area (Å²) < 4.78 is 105. The molecule has 0 aromatic heterocycles. The van der Waals surface area contributed by atoms with Gasteiger partial charge >= 0.3 is 6.18 Å². The van der Waals surface area contributed by atoms with Gasteiger partial charge in [0, 0.05) is 35.6 Å². The zero-order chi connectivity index (χ0) is 32.0. The molecule has 2 atom stereocenters. The lowest BCUT2D eigenvalue weighted by Crippen LogP contribution is -2.18. The van der Waals surface area contributed by atoms with Crippen molar-refractivity contribution >= 4 is 58.0 Å². The third-order valence-electron chi connectivity index (χ3n) is 6.74. The van der Waals surface area contributed by atoms with Crippen LogP contribution in [0.2, 0.25) is 5.02 Å². The fourth-order valence-corrected chi connectivity index (χ4v) is 5.57. The Morgan fingerprint density at radius 1 is 0.907 bits per heavy atom. The highest BCUT2D eigenvalue weighted by molar-refractivity contribution is 6.53. The number of anilines is 1. The van der Waals surface area contributed by atoms with Crippen LogP contribution in [0.1, 0.15) is 38.5 Å². The molecule has 4 rings (SSSR count). The Labute approximate surface area is 252 Å². The van der Waals surface area contributed by atoms with Crippen LogP contribution in [0.4, 0.5) is 40.8 Å². The topological polar surface area (TPSA) is 63.2 Å². The van der Waals surface area contributed by atoms with Gasteiger partial charge < -0.3 is 5.32 Å². The van der Waals surface area contributed by atoms with E-state index in [-0.39, 0.29) is 21.8 Å². The maximum Gasteiger partial charge on any atom is 0.419 e. The van der Waals surface area contributed by atoms with Crippen LogP contribution in [0.15, 0.2) is 48.5 Å². The Kier molecular flexibility index (Phi) is 9.16. The predicted molar refractivity (Wildman–Crippen MR) is 141 cm³/mol. The molecule has 0 unspecified atom stereocenters. The number of hydrogen-bond acceptors (Lipinski definition) is 3. The molecule has 1 aliphatic rings. The van der Waals surface area contributed by atoms with E-state index in [4.69, 9.17) is 34.8 Å². The summed E-state index contributed by atoms with van der Waals surface area (Å²) in [5.74, 6) is -9.97. The van der Waals surface area contributed by atoms with E-state index >= 15 is 0 Å². The molecule has 3 aromatic rings. The van der Waals surface area contributed by atoms with Crippen LogP contribution in [-0.2, 0) is 28.6 Å². The first kappa shape index (κ1) is 32.7. The number of rotatable bonds is 9. The Hall–Kier alpha value is -3.22. The number of carbonyl (C=O) groups is 3. The van der Waals surface area contributed by atoms with Gasteiger partial charge in [-0.3, -0.25) is 14.4 Å².